The summed E-state index contributed by atoms with van der Waals surface area (Å²) in [5, 5.41) is 3.22. The van der Waals surface area contributed by atoms with Gasteiger partial charge in [-0.1, -0.05) is 23.7 Å². The van der Waals surface area contributed by atoms with Crippen LogP contribution in [0.5, 0.6) is 0 Å². The Labute approximate surface area is 131 Å². The van der Waals surface area contributed by atoms with Crippen molar-refractivity contribution >= 4 is 23.3 Å². The van der Waals surface area contributed by atoms with E-state index in [0.29, 0.717) is 16.5 Å². The van der Waals surface area contributed by atoms with Crippen molar-refractivity contribution in [3.8, 4) is 11.3 Å². The van der Waals surface area contributed by atoms with Gasteiger partial charge in [0.1, 0.15) is 12.0 Å². The molecule has 7 heteroatoms. The van der Waals surface area contributed by atoms with E-state index in [4.69, 9.17) is 11.6 Å². The molecule has 0 radical (unpaired) electrons. The van der Waals surface area contributed by atoms with Crippen molar-refractivity contribution in [2.45, 2.75) is 0 Å². The first-order valence-corrected chi connectivity index (χ1v) is 6.75. The Morgan fingerprint density at radius 3 is 2.77 bits per heavy atom. The molecular weight excluding hydrogens is 302 g/mol. The Balaban J connectivity index is 1.86. The van der Waals surface area contributed by atoms with Crippen molar-refractivity contribution in [1.29, 1.82) is 0 Å². The number of hydrogen-bond donors (Lipinski definition) is 1. The maximum Gasteiger partial charge on any atom is 0.275 e. The van der Waals surface area contributed by atoms with E-state index >= 15 is 0 Å². The van der Waals surface area contributed by atoms with Gasteiger partial charge in [0.15, 0.2) is 5.82 Å². The fraction of sp³-hybridized carbons (Fsp3) is 0. The maximum absolute atomic E-state index is 12.2. The number of benzene rings is 1. The van der Waals surface area contributed by atoms with Crippen LogP contribution < -0.4 is 5.32 Å². The number of rotatable bonds is 3. The number of amides is 1. The lowest BCUT2D eigenvalue weighted by molar-refractivity contribution is 0.102. The molecule has 2 heterocycles. The molecule has 0 unspecified atom stereocenters. The van der Waals surface area contributed by atoms with E-state index in [1.165, 1.54) is 24.9 Å². The number of hydrogen-bond acceptors (Lipinski definition) is 5. The number of carbonyl (C=O) groups excluding carboxylic acids is 1. The summed E-state index contributed by atoms with van der Waals surface area (Å²) in [6.07, 6.45) is 5.81. The van der Waals surface area contributed by atoms with E-state index in [2.05, 4.69) is 25.3 Å². The third kappa shape index (κ3) is 3.24. The Hall–Kier alpha value is -2.86. The molecule has 22 heavy (non-hydrogen) atoms. The second-order valence-electron chi connectivity index (χ2n) is 4.34. The highest BCUT2D eigenvalue weighted by Crippen LogP contribution is 2.21. The number of anilines is 1. The number of aromatic nitrogens is 4. The van der Waals surface area contributed by atoms with E-state index < -0.39 is 0 Å². The smallest absolute Gasteiger partial charge is 0.275 e. The summed E-state index contributed by atoms with van der Waals surface area (Å²) in [6, 6.07) is 8.82. The van der Waals surface area contributed by atoms with Gasteiger partial charge in [-0.05, 0) is 18.2 Å². The highest BCUT2D eigenvalue weighted by molar-refractivity contribution is 6.30. The molecule has 1 amide bonds. The largest absolute Gasteiger partial charge is 0.304 e. The third-order valence-electron chi connectivity index (χ3n) is 2.82. The van der Waals surface area contributed by atoms with Crippen LogP contribution in [0, 0.1) is 0 Å². The minimum Gasteiger partial charge on any atom is -0.304 e. The van der Waals surface area contributed by atoms with Crippen molar-refractivity contribution < 1.29 is 4.79 Å². The van der Waals surface area contributed by atoms with Gasteiger partial charge in [0.2, 0.25) is 0 Å². The summed E-state index contributed by atoms with van der Waals surface area (Å²) >= 11 is 5.97. The van der Waals surface area contributed by atoms with Gasteiger partial charge >= 0.3 is 0 Å². The van der Waals surface area contributed by atoms with Gasteiger partial charge in [0, 0.05) is 23.0 Å². The van der Waals surface area contributed by atoms with E-state index in [9.17, 15) is 4.79 Å². The normalized spacial score (nSPS) is 10.2. The summed E-state index contributed by atoms with van der Waals surface area (Å²) < 4.78 is 0. The quantitative estimate of drug-likeness (QED) is 0.804. The van der Waals surface area contributed by atoms with Gasteiger partial charge < -0.3 is 5.32 Å². The SMILES string of the molecule is O=C(Nc1cnccn1)c1cc(-c2cccc(Cl)c2)ncn1. The molecule has 3 rings (SSSR count). The fourth-order valence-corrected chi connectivity index (χ4v) is 2.02. The van der Waals surface area contributed by atoms with Crippen molar-refractivity contribution in [3.05, 3.63) is 66.0 Å². The highest BCUT2D eigenvalue weighted by Gasteiger charge is 2.11. The third-order valence-corrected chi connectivity index (χ3v) is 3.06. The average Bonchev–Trinajstić information content (AvgIpc) is 2.56. The Bertz CT molecular complexity index is 810. The molecule has 0 saturated carbocycles. The lowest BCUT2D eigenvalue weighted by Gasteiger charge is -2.05. The first kappa shape index (κ1) is 14.1. The fourth-order valence-electron chi connectivity index (χ4n) is 1.83. The van der Waals surface area contributed by atoms with Crippen LogP contribution in [0.1, 0.15) is 10.5 Å². The molecule has 0 aliphatic rings. The number of carbonyl (C=O) groups is 1. The predicted molar refractivity (Wildman–Crippen MR) is 82.5 cm³/mol. The molecule has 0 aliphatic carbocycles. The molecule has 0 spiro atoms. The van der Waals surface area contributed by atoms with Crippen LogP contribution in [0.4, 0.5) is 5.82 Å². The van der Waals surface area contributed by atoms with Crippen LogP contribution in [0.2, 0.25) is 5.02 Å². The van der Waals surface area contributed by atoms with Gasteiger partial charge in [0.05, 0.1) is 11.9 Å². The standard InChI is InChI=1S/C15H10ClN5O/c16-11-3-1-2-10(6-11)12-7-13(20-9-19-12)15(22)21-14-8-17-4-5-18-14/h1-9H,(H,18,21,22). The summed E-state index contributed by atoms with van der Waals surface area (Å²) in [5.74, 6) is -0.0263. The van der Waals surface area contributed by atoms with Crippen LogP contribution >= 0.6 is 11.6 Å². The molecular formula is C15H10ClN5O. The summed E-state index contributed by atoms with van der Waals surface area (Å²) in [5.41, 5.74) is 1.65. The minimum absolute atomic E-state index is 0.232. The zero-order valence-corrected chi connectivity index (χ0v) is 12.0. The van der Waals surface area contributed by atoms with E-state index in [0.717, 1.165) is 5.56 Å². The van der Waals surface area contributed by atoms with Crippen LogP contribution in [0.15, 0.2) is 55.2 Å². The maximum atomic E-state index is 12.2. The molecule has 0 atom stereocenters. The van der Waals surface area contributed by atoms with Crippen molar-refractivity contribution in [2.24, 2.45) is 0 Å². The molecule has 0 aliphatic heterocycles. The van der Waals surface area contributed by atoms with Gasteiger partial charge in [-0.3, -0.25) is 9.78 Å². The second kappa shape index (κ2) is 6.28. The van der Waals surface area contributed by atoms with E-state index in [1.807, 2.05) is 12.1 Å². The first-order valence-electron chi connectivity index (χ1n) is 6.38. The predicted octanol–water partition coefficient (Wildman–Crippen LogP) is 2.84. The van der Waals surface area contributed by atoms with Gasteiger partial charge in [-0.15, -0.1) is 0 Å². The van der Waals surface area contributed by atoms with Gasteiger partial charge in [0.25, 0.3) is 5.91 Å². The van der Waals surface area contributed by atoms with Crippen LogP contribution in [0.25, 0.3) is 11.3 Å². The first-order chi connectivity index (χ1) is 10.7. The molecule has 3 aromatic rings. The Morgan fingerprint density at radius 1 is 1.09 bits per heavy atom. The molecule has 1 aromatic carbocycles. The molecule has 2 aromatic heterocycles. The molecule has 0 saturated heterocycles. The van der Waals surface area contributed by atoms with Crippen molar-refractivity contribution in [1.82, 2.24) is 19.9 Å². The highest BCUT2D eigenvalue weighted by atomic mass is 35.5. The van der Waals surface area contributed by atoms with E-state index in [1.54, 1.807) is 18.2 Å². The zero-order valence-electron chi connectivity index (χ0n) is 11.3. The lowest BCUT2D eigenvalue weighted by Crippen LogP contribution is -2.15. The van der Waals surface area contributed by atoms with Crippen molar-refractivity contribution in [2.75, 3.05) is 5.32 Å². The topological polar surface area (TPSA) is 80.7 Å². The number of nitrogens with zero attached hydrogens (tertiary/aromatic N) is 4. The van der Waals surface area contributed by atoms with Crippen LogP contribution in [-0.4, -0.2) is 25.8 Å². The Kier molecular flexibility index (Phi) is 4.02. The second-order valence-corrected chi connectivity index (χ2v) is 4.78. The monoisotopic (exact) mass is 311 g/mol. The summed E-state index contributed by atoms with van der Waals surface area (Å²) in [6.45, 7) is 0. The summed E-state index contributed by atoms with van der Waals surface area (Å²) in [7, 11) is 0. The van der Waals surface area contributed by atoms with E-state index in [-0.39, 0.29) is 11.6 Å². The minimum atomic E-state index is -0.383. The van der Waals surface area contributed by atoms with Crippen LogP contribution in [-0.2, 0) is 0 Å². The number of nitrogens with one attached hydrogen (secondary N) is 1. The molecule has 6 nitrogen and oxygen atoms in total. The van der Waals surface area contributed by atoms with Crippen molar-refractivity contribution in [3.63, 3.8) is 0 Å². The zero-order chi connectivity index (χ0) is 15.4. The summed E-state index contributed by atoms with van der Waals surface area (Å²) in [4.78, 5) is 28.2. The Morgan fingerprint density at radius 2 is 2.00 bits per heavy atom. The average molecular weight is 312 g/mol. The van der Waals surface area contributed by atoms with Gasteiger partial charge in [-0.25, -0.2) is 15.0 Å². The molecule has 0 bridgehead atoms. The lowest BCUT2D eigenvalue weighted by atomic mass is 10.1. The molecule has 1 N–H and O–H groups in total. The molecule has 108 valence electrons. The molecule has 0 fully saturated rings. The van der Waals surface area contributed by atoms with Gasteiger partial charge in [-0.2, -0.15) is 0 Å². The van der Waals surface area contributed by atoms with Crippen LogP contribution in [0.3, 0.4) is 0 Å². The number of halogens is 1.